The van der Waals surface area contributed by atoms with Crippen LogP contribution in [0, 0.1) is 10.1 Å². The minimum Gasteiger partial charge on any atom is -0.379 e. The van der Waals surface area contributed by atoms with E-state index in [1.165, 1.54) is 0 Å². The van der Waals surface area contributed by atoms with Crippen LogP contribution in [-0.4, -0.2) is 30.2 Å². The Balaban J connectivity index is 2.35. The fraction of sp³-hybridized carbons (Fsp3) is 0.600. The quantitative estimate of drug-likeness (QED) is 0.587. The molecule has 112 valence electrons. The molecule has 0 saturated carbocycles. The number of rotatable bonds is 8. The van der Waals surface area contributed by atoms with Gasteiger partial charge in [0.1, 0.15) is 0 Å². The number of methoxy groups -OCH3 is 1. The summed E-state index contributed by atoms with van der Waals surface area (Å²) in [5.74, 6) is 0. The Hall–Kier alpha value is -1.46. The van der Waals surface area contributed by atoms with E-state index in [-0.39, 0.29) is 16.2 Å². The van der Waals surface area contributed by atoms with Crippen molar-refractivity contribution in [3.63, 3.8) is 0 Å². The predicted molar refractivity (Wildman–Crippen MR) is 80.0 cm³/mol. The van der Waals surface area contributed by atoms with E-state index in [9.17, 15) is 10.1 Å². The highest BCUT2D eigenvalue weighted by Gasteiger charge is 2.19. The van der Waals surface area contributed by atoms with Gasteiger partial charge in [-0.15, -0.1) is 0 Å². The van der Waals surface area contributed by atoms with Crippen LogP contribution in [0.2, 0.25) is 0 Å². The SMILES string of the molecule is COC(C)(C)CC(C)NCCc1ccc([N+](=O)[O-])cc1. The fourth-order valence-corrected chi connectivity index (χ4v) is 2.14. The summed E-state index contributed by atoms with van der Waals surface area (Å²) in [5.41, 5.74) is 1.11. The minimum atomic E-state index is -0.378. The lowest BCUT2D eigenvalue weighted by Gasteiger charge is -2.27. The van der Waals surface area contributed by atoms with Crippen LogP contribution in [0.25, 0.3) is 0 Å². The molecule has 0 aliphatic heterocycles. The molecule has 1 aromatic rings. The van der Waals surface area contributed by atoms with E-state index in [1.807, 2.05) is 12.1 Å². The van der Waals surface area contributed by atoms with Gasteiger partial charge in [0.25, 0.3) is 5.69 Å². The van der Waals surface area contributed by atoms with Crippen molar-refractivity contribution in [2.45, 2.75) is 45.3 Å². The van der Waals surface area contributed by atoms with Crippen molar-refractivity contribution in [1.29, 1.82) is 0 Å². The zero-order valence-corrected chi connectivity index (χ0v) is 12.7. The first-order chi connectivity index (χ1) is 9.34. The summed E-state index contributed by atoms with van der Waals surface area (Å²) in [6.07, 6.45) is 1.79. The molecule has 20 heavy (non-hydrogen) atoms. The zero-order chi connectivity index (χ0) is 15.2. The molecule has 0 heterocycles. The maximum atomic E-state index is 10.6. The Kier molecular flexibility index (Phi) is 6.10. The molecule has 0 amide bonds. The summed E-state index contributed by atoms with van der Waals surface area (Å²) in [4.78, 5) is 10.2. The van der Waals surface area contributed by atoms with Crippen molar-refractivity contribution < 1.29 is 9.66 Å². The van der Waals surface area contributed by atoms with Crippen LogP contribution in [-0.2, 0) is 11.2 Å². The van der Waals surface area contributed by atoms with E-state index in [0.717, 1.165) is 24.9 Å². The summed E-state index contributed by atoms with van der Waals surface area (Å²) < 4.78 is 5.40. The van der Waals surface area contributed by atoms with Gasteiger partial charge in [-0.2, -0.15) is 0 Å². The van der Waals surface area contributed by atoms with Crippen molar-refractivity contribution in [3.8, 4) is 0 Å². The van der Waals surface area contributed by atoms with Crippen LogP contribution in [0.15, 0.2) is 24.3 Å². The lowest BCUT2D eigenvalue weighted by atomic mass is 10.00. The van der Waals surface area contributed by atoms with Crippen molar-refractivity contribution >= 4 is 5.69 Å². The molecule has 1 atom stereocenters. The Bertz CT molecular complexity index is 429. The van der Waals surface area contributed by atoms with Crippen LogP contribution in [0.1, 0.15) is 32.8 Å². The van der Waals surface area contributed by atoms with Crippen LogP contribution >= 0.6 is 0 Å². The van der Waals surface area contributed by atoms with Gasteiger partial charge < -0.3 is 10.1 Å². The Morgan fingerprint density at radius 1 is 1.35 bits per heavy atom. The zero-order valence-electron chi connectivity index (χ0n) is 12.7. The van der Waals surface area contributed by atoms with Gasteiger partial charge >= 0.3 is 0 Å². The number of ether oxygens (including phenoxy) is 1. The molecule has 0 aliphatic carbocycles. The highest BCUT2D eigenvalue weighted by molar-refractivity contribution is 5.32. The minimum absolute atomic E-state index is 0.125. The monoisotopic (exact) mass is 280 g/mol. The topological polar surface area (TPSA) is 64.4 Å². The average molecular weight is 280 g/mol. The van der Waals surface area contributed by atoms with Gasteiger partial charge in [-0.3, -0.25) is 10.1 Å². The Morgan fingerprint density at radius 2 is 1.95 bits per heavy atom. The van der Waals surface area contributed by atoms with Gasteiger partial charge in [-0.1, -0.05) is 12.1 Å². The average Bonchev–Trinajstić information content (AvgIpc) is 2.38. The maximum absolute atomic E-state index is 10.6. The van der Waals surface area contributed by atoms with Crippen molar-refractivity contribution in [1.82, 2.24) is 5.32 Å². The molecule has 5 heteroatoms. The Morgan fingerprint density at radius 3 is 2.45 bits per heavy atom. The third-order valence-electron chi connectivity index (χ3n) is 3.40. The molecule has 1 N–H and O–H groups in total. The molecule has 0 aliphatic rings. The normalized spacial score (nSPS) is 13.2. The number of nitrogens with one attached hydrogen (secondary N) is 1. The largest absolute Gasteiger partial charge is 0.379 e. The van der Waals surface area contributed by atoms with Gasteiger partial charge in [0.2, 0.25) is 0 Å². The number of nitro benzene ring substituents is 1. The first-order valence-corrected chi connectivity index (χ1v) is 6.86. The molecule has 0 saturated heterocycles. The second kappa shape index (κ2) is 7.36. The summed E-state index contributed by atoms with van der Waals surface area (Å²) in [6, 6.07) is 7.08. The molecule has 0 bridgehead atoms. The molecular weight excluding hydrogens is 256 g/mol. The fourth-order valence-electron chi connectivity index (χ4n) is 2.14. The lowest BCUT2D eigenvalue weighted by molar-refractivity contribution is -0.384. The smallest absolute Gasteiger partial charge is 0.269 e. The van der Waals surface area contributed by atoms with Crippen molar-refractivity contribution in [2.75, 3.05) is 13.7 Å². The van der Waals surface area contributed by atoms with E-state index < -0.39 is 0 Å². The van der Waals surface area contributed by atoms with Crippen LogP contribution < -0.4 is 5.32 Å². The molecule has 5 nitrogen and oxygen atoms in total. The van der Waals surface area contributed by atoms with Gasteiger partial charge in [-0.05, 0) is 45.7 Å². The molecule has 1 aromatic carbocycles. The second-order valence-corrected chi connectivity index (χ2v) is 5.70. The predicted octanol–water partition coefficient (Wildman–Crippen LogP) is 2.93. The van der Waals surface area contributed by atoms with Gasteiger partial charge in [0.15, 0.2) is 0 Å². The third-order valence-corrected chi connectivity index (χ3v) is 3.40. The van der Waals surface area contributed by atoms with E-state index >= 15 is 0 Å². The van der Waals surface area contributed by atoms with E-state index in [4.69, 9.17) is 4.74 Å². The van der Waals surface area contributed by atoms with Gasteiger partial charge in [-0.25, -0.2) is 0 Å². The number of hydrogen-bond donors (Lipinski definition) is 1. The highest BCUT2D eigenvalue weighted by Crippen LogP contribution is 2.15. The summed E-state index contributed by atoms with van der Waals surface area (Å²) in [7, 11) is 1.73. The van der Waals surface area contributed by atoms with Crippen LogP contribution in [0.4, 0.5) is 5.69 Å². The van der Waals surface area contributed by atoms with E-state index in [2.05, 4.69) is 26.1 Å². The summed E-state index contributed by atoms with van der Waals surface area (Å²) in [6.45, 7) is 7.12. The van der Waals surface area contributed by atoms with E-state index in [0.29, 0.717) is 6.04 Å². The maximum Gasteiger partial charge on any atom is 0.269 e. The molecule has 0 aromatic heterocycles. The van der Waals surface area contributed by atoms with Gasteiger partial charge in [0, 0.05) is 25.3 Å². The number of nitrogens with zero attached hydrogens (tertiary/aromatic N) is 1. The molecule has 0 radical (unpaired) electrons. The van der Waals surface area contributed by atoms with Crippen molar-refractivity contribution in [2.24, 2.45) is 0 Å². The van der Waals surface area contributed by atoms with Crippen LogP contribution in [0.3, 0.4) is 0 Å². The standard InChI is InChI=1S/C15H24N2O3/c1-12(11-15(2,3)20-4)16-10-9-13-5-7-14(8-6-13)17(18)19/h5-8,12,16H,9-11H2,1-4H3. The first-order valence-electron chi connectivity index (χ1n) is 6.86. The number of non-ortho nitro benzene ring substituents is 1. The second-order valence-electron chi connectivity index (χ2n) is 5.70. The lowest BCUT2D eigenvalue weighted by Crippen LogP contribution is -2.36. The number of nitro groups is 1. The molecule has 0 fully saturated rings. The van der Waals surface area contributed by atoms with Gasteiger partial charge in [0.05, 0.1) is 10.5 Å². The van der Waals surface area contributed by atoms with Crippen molar-refractivity contribution in [3.05, 3.63) is 39.9 Å². The summed E-state index contributed by atoms with van der Waals surface area (Å²) in [5, 5.41) is 14.0. The molecule has 0 spiro atoms. The Labute approximate surface area is 120 Å². The third kappa shape index (κ3) is 5.67. The molecular formula is C15H24N2O3. The van der Waals surface area contributed by atoms with E-state index in [1.54, 1.807) is 19.2 Å². The number of hydrogen-bond acceptors (Lipinski definition) is 4. The first kappa shape index (κ1) is 16.6. The van der Waals surface area contributed by atoms with Crippen LogP contribution in [0.5, 0.6) is 0 Å². The molecule has 1 rings (SSSR count). The number of benzene rings is 1. The molecule has 1 unspecified atom stereocenters. The highest BCUT2D eigenvalue weighted by atomic mass is 16.6. The summed E-state index contributed by atoms with van der Waals surface area (Å²) >= 11 is 0.